The standard InChI is InChI=1S/C20H18F3N5O2/c1-27-15-7-8-28(19(29)12-3-2-4-13(9-12)20(21,22)23)10-14(15)16(25-27)18-24-17(26-30-18)11-5-6-11/h2-4,9,11H,5-8,10H2,1H3. The molecule has 2 aliphatic rings. The van der Waals surface area contributed by atoms with E-state index in [0.29, 0.717) is 36.3 Å². The molecular formula is C20H18F3N5O2. The summed E-state index contributed by atoms with van der Waals surface area (Å²) >= 11 is 0. The van der Waals surface area contributed by atoms with Gasteiger partial charge >= 0.3 is 6.18 Å². The molecule has 0 bridgehead atoms. The van der Waals surface area contributed by atoms with Crippen LogP contribution in [0, 0.1) is 0 Å². The third-order valence-corrected chi connectivity index (χ3v) is 5.55. The highest BCUT2D eigenvalue weighted by molar-refractivity contribution is 5.94. The van der Waals surface area contributed by atoms with Gasteiger partial charge in [0, 0.05) is 42.8 Å². The van der Waals surface area contributed by atoms with Gasteiger partial charge in [0.2, 0.25) is 0 Å². The number of carbonyl (C=O) groups excluding carboxylic acids is 1. The predicted octanol–water partition coefficient (Wildman–Crippen LogP) is 3.56. The van der Waals surface area contributed by atoms with Gasteiger partial charge < -0.3 is 9.42 Å². The van der Waals surface area contributed by atoms with Gasteiger partial charge in [-0.15, -0.1) is 0 Å². The number of alkyl halides is 3. The van der Waals surface area contributed by atoms with Crippen molar-refractivity contribution in [1.82, 2.24) is 24.8 Å². The second-order valence-corrected chi connectivity index (χ2v) is 7.68. The van der Waals surface area contributed by atoms with E-state index in [1.54, 1.807) is 4.68 Å². The van der Waals surface area contributed by atoms with Crippen LogP contribution in [0.4, 0.5) is 13.2 Å². The molecule has 2 aromatic heterocycles. The van der Waals surface area contributed by atoms with Crippen LogP contribution in [0.25, 0.3) is 11.6 Å². The normalized spacial score (nSPS) is 16.6. The molecule has 7 nitrogen and oxygen atoms in total. The van der Waals surface area contributed by atoms with Crippen LogP contribution < -0.4 is 0 Å². The summed E-state index contributed by atoms with van der Waals surface area (Å²) in [7, 11) is 1.81. The molecule has 3 heterocycles. The Bertz CT molecular complexity index is 1130. The molecule has 3 aromatic rings. The summed E-state index contributed by atoms with van der Waals surface area (Å²) in [6.07, 6.45) is -1.89. The van der Waals surface area contributed by atoms with Gasteiger partial charge in [-0.05, 0) is 31.0 Å². The molecule has 0 unspecified atom stereocenters. The van der Waals surface area contributed by atoms with Gasteiger partial charge in [0.1, 0.15) is 0 Å². The van der Waals surface area contributed by atoms with Gasteiger partial charge in [0.25, 0.3) is 11.8 Å². The molecule has 1 fully saturated rings. The molecule has 5 rings (SSSR count). The smallest absolute Gasteiger partial charge is 0.334 e. The largest absolute Gasteiger partial charge is 0.416 e. The fraction of sp³-hybridized carbons (Fsp3) is 0.400. The average molecular weight is 417 g/mol. The van der Waals surface area contributed by atoms with E-state index >= 15 is 0 Å². The maximum absolute atomic E-state index is 13.0. The number of benzene rings is 1. The Kier molecular flexibility index (Phi) is 4.19. The summed E-state index contributed by atoms with van der Waals surface area (Å²) in [4.78, 5) is 18.9. The fourth-order valence-corrected chi connectivity index (χ4v) is 3.79. The summed E-state index contributed by atoms with van der Waals surface area (Å²) in [5, 5.41) is 8.53. The molecule has 1 aliphatic heterocycles. The summed E-state index contributed by atoms with van der Waals surface area (Å²) in [6.45, 7) is 0.604. The van der Waals surface area contributed by atoms with Gasteiger partial charge in [0.15, 0.2) is 11.5 Å². The number of aryl methyl sites for hydroxylation is 1. The van der Waals surface area contributed by atoms with E-state index in [1.807, 2.05) is 7.05 Å². The van der Waals surface area contributed by atoms with Gasteiger partial charge in [-0.25, -0.2) is 0 Å². The Balaban J connectivity index is 1.44. The monoisotopic (exact) mass is 417 g/mol. The van der Waals surface area contributed by atoms with E-state index in [0.717, 1.165) is 36.2 Å². The van der Waals surface area contributed by atoms with E-state index in [4.69, 9.17) is 4.52 Å². The van der Waals surface area contributed by atoms with Crippen molar-refractivity contribution in [2.75, 3.05) is 6.54 Å². The Hall–Kier alpha value is -3.17. The number of hydrogen-bond donors (Lipinski definition) is 0. The van der Waals surface area contributed by atoms with Crippen molar-refractivity contribution in [3.05, 3.63) is 52.5 Å². The molecule has 0 spiro atoms. The van der Waals surface area contributed by atoms with Crippen LogP contribution in [0.1, 0.15) is 51.8 Å². The van der Waals surface area contributed by atoms with Crippen molar-refractivity contribution in [2.45, 2.75) is 37.9 Å². The van der Waals surface area contributed by atoms with Crippen molar-refractivity contribution in [2.24, 2.45) is 7.05 Å². The summed E-state index contributed by atoms with van der Waals surface area (Å²) < 4.78 is 46.2. The predicted molar refractivity (Wildman–Crippen MR) is 98.4 cm³/mol. The van der Waals surface area contributed by atoms with Crippen molar-refractivity contribution in [3.63, 3.8) is 0 Å². The van der Waals surface area contributed by atoms with E-state index < -0.39 is 17.6 Å². The molecule has 1 aliphatic carbocycles. The number of nitrogens with zero attached hydrogens (tertiary/aromatic N) is 5. The molecule has 1 amide bonds. The maximum atomic E-state index is 13.0. The minimum absolute atomic E-state index is 0.00697. The van der Waals surface area contributed by atoms with Crippen LogP contribution in [0.15, 0.2) is 28.8 Å². The summed E-state index contributed by atoms with van der Waals surface area (Å²) in [5.41, 5.74) is 1.42. The number of fused-ring (bicyclic) bond motifs is 1. The first kappa shape index (κ1) is 18.8. The molecule has 1 saturated carbocycles. The maximum Gasteiger partial charge on any atom is 0.416 e. The zero-order valence-electron chi connectivity index (χ0n) is 16.1. The second kappa shape index (κ2) is 6.68. The lowest BCUT2D eigenvalue weighted by Crippen LogP contribution is -2.36. The van der Waals surface area contributed by atoms with Crippen LogP contribution in [0.2, 0.25) is 0 Å². The zero-order valence-corrected chi connectivity index (χ0v) is 16.1. The van der Waals surface area contributed by atoms with Crippen molar-refractivity contribution < 1.29 is 22.5 Å². The van der Waals surface area contributed by atoms with Crippen LogP contribution in [0.5, 0.6) is 0 Å². The first-order valence-electron chi connectivity index (χ1n) is 9.66. The van der Waals surface area contributed by atoms with E-state index in [-0.39, 0.29) is 12.1 Å². The molecule has 156 valence electrons. The van der Waals surface area contributed by atoms with E-state index in [1.165, 1.54) is 17.0 Å². The van der Waals surface area contributed by atoms with Gasteiger partial charge in [0.05, 0.1) is 12.1 Å². The third-order valence-electron chi connectivity index (χ3n) is 5.55. The molecule has 0 N–H and O–H groups in total. The summed E-state index contributed by atoms with van der Waals surface area (Å²) in [5.74, 6) is 0.853. The highest BCUT2D eigenvalue weighted by Gasteiger charge is 2.34. The van der Waals surface area contributed by atoms with Gasteiger partial charge in [-0.3, -0.25) is 9.48 Å². The minimum Gasteiger partial charge on any atom is -0.334 e. The number of amides is 1. The Morgan fingerprint density at radius 1 is 1.27 bits per heavy atom. The molecule has 30 heavy (non-hydrogen) atoms. The number of rotatable bonds is 3. The number of halogens is 3. The molecular weight excluding hydrogens is 399 g/mol. The lowest BCUT2D eigenvalue weighted by molar-refractivity contribution is -0.137. The lowest BCUT2D eigenvalue weighted by atomic mass is 10.0. The molecule has 0 radical (unpaired) electrons. The summed E-state index contributed by atoms with van der Waals surface area (Å²) in [6, 6.07) is 4.50. The van der Waals surface area contributed by atoms with Crippen molar-refractivity contribution in [1.29, 1.82) is 0 Å². The molecule has 0 atom stereocenters. The number of aromatic nitrogens is 4. The number of carbonyl (C=O) groups is 1. The SMILES string of the molecule is Cn1nc(-c2nc(C3CC3)no2)c2c1CCN(C(=O)c1cccc(C(F)(F)F)c1)C2. The fourth-order valence-electron chi connectivity index (χ4n) is 3.79. The topological polar surface area (TPSA) is 77.1 Å². The molecule has 0 saturated heterocycles. The first-order chi connectivity index (χ1) is 14.3. The van der Waals surface area contributed by atoms with Crippen LogP contribution in [0.3, 0.4) is 0 Å². The lowest BCUT2D eigenvalue weighted by Gasteiger charge is -2.27. The highest BCUT2D eigenvalue weighted by Crippen LogP contribution is 2.39. The Morgan fingerprint density at radius 2 is 2.07 bits per heavy atom. The Morgan fingerprint density at radius 3 is 2.80 bits per heavy atom. The highest BCUT2D eigenvalue weighted by atomic mass is 19.4. The van der Waals surface area contributed by atoms with Gasteiger partial charge in [-0.1, -0.05) is 11.2 Å². The number of hydrogen-bond acceptors (Lipinski definition) is 5. The quantitative estimate of drug-likeness (QED) is 0.651. The third kappa shape index (κ3) is 3.25. The van der Waals surface area contributed by atoms with Crippen LogP contribution in [-0.2, 0) is 26.2 Å². The van der Waals surface area contributed by atoms with Crippen molar-refractivity contribution >= 4 is 5.91 Å². The second-order valence-electron chi connectivity index (χ2n) is 7.68. The Labute approximate surface area is 169 Å². The molecule has 10 heteroatoms. The average Bonchev–Trinajstić information content (AvgIpc) is 3.37. The minimum atomic E-state index is -4.50. The zero-order chi connectivity index (χ0) is 21.0. The van der Waals surface area contributed by atoms with Crippen molar-refractivity contribution in [3.8, 4) is 11.6 Å². The van der Waals surface area contributed by atoms with Crippen LogP contribution in [-0.4, -0.2) is 37.3 Å². The van der Waals surface area contributed by atoms with E-state index in [9.17, 15) is 18.0 Å². The van der Waals surface area contributed by atoms with E-state index in [2.05, 4.69) is 15.2 Å². The first-order valence-corrected chi connectivity index (χ1v) is 9.66. The molecule has 1 aromatic carbocycles. The van der Waals surface area contributed by atoms with Crippen LogP contribution >= 0.6 is 0 Å². The van der Waals surface area contributed by atoms with Gasteiger partial charge in [-0.2, -0.15) is 23.3 Å².